The first-order valence-electron chi connectivity index (χ1n) is 16.6. The molecule has 0 unspecified atom stereocenters. The van der Waals surface area contributed by atoms with Crippen LogP contribution in [0.5, 0.6) is 0 Å². The van der Waals surface area contributed by atoms with Gasteiger partial charge in [-0.2, -0.15) is 0 Å². The van der Waals surface area contributed by atoms with Gasteiger partial charge < -0.3 is 31.3 Å². The number of nitrogens with zero attached hydrogens (tertiary/aromatic N) is 3. The van der Waals surface area contributed by atoms with Crippen LogP contribution in [0, 0.1) is 0 Å². The summed E-state index contributed by atoms with van der Waals surface area (Å²) in [6.45, 7) is 4.81. The quantitative estimate of drug-likeness (QED) is 0.105. The van der Waals surface area contributed by atoms with Crippen molar-refractivity contribution in [2.45, 2.75) is 83.1 Å². The number of hydrogen-bond donors (Lipinski definition) is 4. The summed E-state index contributed by atoms with van der Waals surface area (Å²) >= 11 is 3.00. The normalized spacial score (nSPS) is 12.9. The number of hydrogen-bond acceptors (Lipinski definition) is 9. The Hall–Kier alpha value is -4.33. The molecule has 4 aromatic rings. The van der Waals surface area contributed by atoms with Crippen molar-refractivity contribution in [2.24, 2.45) is 5.73 Å². The lowest BCUT2D eigenvalue weighted by atomic mass is 9.95. The van der Waals surface area contributed by atoms with Crippen molar-refractivity contribution in [3.63, 3.8) is 0 Å². The zero-order chi connectivity index (χ0) is 35.0. The summed E-state index contributed by atoms with van der Waals surface area (Å²) in [5.74, 6) is 0.00540. The molecule has 4 rings (SSSR count). The van der Waals surface area contributed by atoms with Crippen LogP contribution in [0.3, 0.4) is 0 Å². The molecule has 4 amide bonds. The second-order valence-corrected chi connectivity index (χ2v) is 14.1. The fourth-order valence-electron chi connectivity index (χ4n) is 5.28. The zero-order valence-electron chi connectivity index (χ0n) is 28.3. The van der Waals surface area contributed by atoms with E-state index in [2.05, 4.69) is 39.8 Å². The number of carbonyl (C=O) groups is 3. The van der Waals surface area contributed by atoms with Gasteiger partial charge in [0.25, 0.3) is 0 Å². The molecule has 5 N–H and O–H groups in total. The number of nitrogens with two attached hydrogens (primary N) is 1. The lowest BCUT2D eigenvalue weighted by molar-refractivity contribution is -0.123. The molecule has 11 nitrogen and oxygen atoms in total. The molecule has 0 spiro atoms. The van der Waals surface area contributed by atoms with Gasteiger partial charge in [-0.05, 0) is 49.8 Å². The molecule has 3 atom stereocenters. The highest BCUT2D eigenvalue weighted by atomic mass is 32.1. The Morgan fingerprint density at radius 3 is 2.06 bits per heavy atom. The van der Waals surface area contributed by atoms with E-state index in [0.717, 1.165) is 21.8 Å². The fourth-order valence-corrected chi connectivity index (χ4v) is 6.64. The van der Waals surface area contributed by atoms with Crippen molar-refractivity contribution in [1.29, 1.82) is 0 Å². The van der Waals surface area contributed by atoms with Gasteiger partial charge in [0.15, 0.2) is 0 Å². The molecule has 2 aromatic carbocycles. The third kappa shape index (κ3) is 12.9. The van der Waals surface area contributed by atoms with E-state index in [-0.39, 0.29) is 43.6 Å². The summed E-state index contributed by atoms with van der Waals surface area (Å²) in [7, 11) is 1.68. The topological polar surface area (TPSA) is 152 Å². The van der Waals surface area contributed by atoms with E-state index in [9.17, 15) is 14.4 Å². The van der Waals surface area contributed by atoms with Crippen LogP contribution in [-0.4, -0.2) is 64.6 Å². The van der Waals surface area contributed by atoms with Crippen molar-refractivity contribution in [1.82, 2.24) is 30.8 Å². The number of nitrogens with one attached hydrogen (secondary N) is 3. The smallest absolute Gasteiger partial charge is 0.407 e. The number of alkyl carbamates (subject to hydrolysis) is 1. The Balaban J connectivity index is 1.42. The number of rotatable bonds is 18. The van der Waals surface area contributed by atoms with E-state index in [1.807, 2.05) is 71.4 Å². The molecule has 0 radical (unpaired) electrons. The molecule has 0 saturated carbocycles. The van der Waals surface area contributed by atoms with E-state index in [1.165, 1.54) is 16.2 Å². The summed E-state index contributed by atoms with van der Waals surface area (Å²) in [5, 5.41) is 14.6. The van der Waals surface area contributed by atoms with Crippen molar-refractivity contribution >= 4 is 40.7 Å². The molecule has 2 heterocycles. The van der Waals surface area contributed by atoms with Crippen molar-refractivity contribution in [3.8, 4) is 0 Å². The van der Waals surface area contributed by atoms with Crippen LogP contribution in [0.2, 0.25) is 0 Å². The highest BCUT2D eigenvalue weighted by Crippen LogP contribution is 2.20. The summed E-state index contributed by atoms with van der Waals surface area (Å²) in [4.78, 5) is 50.1. The van der Waals surface area contributed by atoms with Crippen LogP contribution in [0.4, 0.5) is 9.59 Å². The average Bonchev–Trinajstić information content (AvgIpc) is 3.80. The maximum Gasteiger partial charge on any atom is 0.407 e. The van der Waals surface area contributed by atoms with Crippen molar-refractivity contribution < 1.29 is 19.1 Å². The Morgan fingerprint density at radius 2 is 1.51 bits per heavy atom. The Bertz CT molecular complexity index is 1570. The lowest BCUT2D eigenvalue weighted by Crippen LogP contribution is -2.53. The number of benzene rings is 2. The average molecular weight is 706 g/mol. The molecule has 0 aliphatic heterocycles. The van der Waals surface area contributed by atoms with Crippen LogP contribution in [0.1, 0.15) is 65.9 Å². The minimum atomic E-state index is -0.820. The van der Waals surface area contributed by atoms with Gasteiger partial charge in [0.2, 0.25) is 5.91 Å². The third-order valence-electron chi connectivity index (χ3n) is 7.87. The number of carbonyl (C=O) groups excluding carboxylic acids is 3. The highest BCUT2D eigenvalue weighted by molar-refractivity contribution is 7.09. The van der Waals surface area contributed by atoms with Gasteiger partial charge in [-0.1, -0.05) is 74.5 Å². The van der Waals surface area contributed by atoms with Gasteiger partial charge >= 0.3 is 12.1 Å². The van der Waals surface area contributed by atoms with Gasteiger partial charge in [-0.15, -0.1) is 22.7 Å². The first kappa shape index (κ1) is 37.5. The minimum absolute atomic E-state index is 0.0977. The Labute approximate surface area is 296 Å². The number of thiazole rings is 2. The molecular weight excluding hydrogens is 659 g/mol. The summed E-state index contributed by atoms with van der Waals surface area (Å²) < 4.78 is 5.45. The van der Waals surface area contributed by atoms with Crippen molar-refractivity contribution in [3.05, 3.63) is 104 Å². The number of aromatic nitrogens is 2. The van der Waals surface area contributed by atoms with Crippen molar-refractivity contribution in [2.75, 3.05) is 13.6 Å². The summed E-state index contributed by atoms with van der Waals surface area (Å²) in [5.41, 5.74) is 8.83. The summed E-state index contributed by atoms with van der Waals surface area (Å²) in [6, 6.07) is 18.1. The van der Waals surface area contributed by atoms with Gasteiger partial charge in [0, 0.05) is 42.0 Å². The lowest BCUT2D eigenvalue weighted by Gasteiger charge is -2.27. The molecule has 49 heavy (non-hydrogen) atoms. The van der Waals surface area contributed by atoms with E-state index in [0.29, 0.717) is 43.2 Å². The van der Waals surface area contributed by atoms with E-state index in [4.69, 9.17) is 10.5 Å². The predicted octanol–water partition coefficient (Wildman–Crippen LogP) is 5.63. The second kappa shape index (κ2) is 19.6. The van der Waals surface area contributed by atoms with Gasteiger partial charge in [0.05, 0.1) is 17.2 Å². The van der Waals surface area contributed by atoms with E-state index in [1.54, 1.807) is 24.6 Å². The maximum absolute atomic E-state index is 13.7. The molecule has 0 aliphatic carbocycles. The highest BCUT2D eigenvalue weighted by Gasteiger charge is 2.26. The van der Waals surface area contributed by atoms with E-state index < -0.39 is 12.1 Å². The van der Waals surface area contributed by atoms with Crippen LogP contribution >= 0.6 is 22.7 Å². The van der Waals surface area contributed by atoms with Crippen LogP contribution in [0.25, 0.3) is 0 Å². The zero-order valence-corrected chi connectivity index (χ0v) is 30.0. The first-order valence-corrected chi connectivity index (χ1v) is 18.3. The van der Waals surface area contributed by atoms with Gasteiger partial charge in [0.1, 0.15) is 17.7 Å². The Morgan fingerprint density at radius 1 is 0.878 bits per heavy atom. The SMILES string of the molecule is CC(C)c1nc(CN(C)C(=O)N[C@@H](CCN)C(=O)N[C@H](CC[C@H](Cc2ccccc2)NC(=O)OCc2nccs2)Cc2ccccc2)cs1. The fraction of sp³-hybridized carbons (Fsp3) is 0.417. The molecule has 262 valence electrons. The standard InChI is InChI=1S/C36H47N7O4S2/c1-25(2)34-40-30(24-49-34)22-43(3)35(45)42-31(16-17-37)33(44)39-28(20-26-10-6-4-7-11-26)14-15-29(21-27-12-8-5-9-13-27)41-36(46)47-23-32-38-18-19-48-32/h4-13,18-19,24-25,28-29,31H,14-17,20-23,37H2,1-3H3,(H,39,44)(H,41,46)(H,42,45)/t28-,29-,31+/m1/s1. The van der Waals surface area contributed by atoms with Gasteiger partial charge in [-0.3, -0.25) is 4.79 Å². The number of ether oxygens (including phenoxy) is 1. The van der Waals surface area contributed by atoms with Gasteiger partial charge in [-0.25, -0.2) is 19.6 Å². The molecular formula is C36H47N7O4S2. The molecule has 0 saturated heterocycles. The predicted molar refractivity (Wildman–Crippen MR) is 194 cm³/mol. The van der Waals surface area contributed by atoms with Crippen LogP contribution < -0.4 is 21.7 Å². The third-order valence-corrected chi connectivity index (χ3v) is 9.82. The number of urea groups is 1. The van der Waals surface area contributed by atoms with Crippen LogP contribution in [0.15, 0.2) is 77.6 Å². The molecule has 0 aliphatic rings. The summed E-state index contributed by atoms with van der Waals surface area (Å²) in [6.07, 6.45) is 3.73. The molecule has 2 aromatic heterocycles. The molecule has 0 fully saturated rings. The first-order chi connectivity index (χ1) is 23.7. The number of amides is 4. The van der Waals surface area contributed by atoms with Crippen LogP contribution in [-0.2, 0) is 35.5 Å². The maximum atomic E-state index is 13.7. The Kier molecular flexibility index (Phi) is 15.0. The molecule has 0 bridgehead atoms. The largest absolute Gasteiger partial charge is 0.442 e. The minimum Gasteiger partial charge on any atom is -0.442 e. The molecule has 13 heteroatoms. The van der Waals surface area contributed by atoms with E-state index >= 15 is 0 Å². The monoisotopic (exact) mass is 705 g/mol. The second-order valence-electron chi connectivity index (χ2n) is 12.3.